The molecule has 0 unspecified atom stereocenters. The summed E-state index contributed by atoms with van der Waals surface area (Å²) in [6.07, 6.45) is 3.30. The first-order valence-corrected chi connectivity index (χ1v) is 8.23. The van der Waals surface area contributed by atoms with E-state index in [1.54, 1.807) is 24.4 Å². The zero-order valence-corrected chi connectivity index (χ0v) is 13.8. The van der Waals surface area contributed by atoms with Gasteiger partial charge in [-0.3, -0.25) is 14.6 Å². The van der Waals surface area contributed by atoms with Crippen LogP contribution in [0.5, 0.6) is 0 Å². The van der Waals surface area contributed by atoms with Crippen molar-refractivity contribution in [3.8, 4) is 0 Å². The fourth-order valence-electron chi connectivity index (χ4n) is 2.52. The van der Waals surface area contributed by atoms with Crippen LogP contribution in [0.15, 0.2) is 53.5 Å². The average molecular weight is 337 g/mol. The molecule has 1 amide bonds. The molecule has 0 aliphatic carbocycles. The maximum Gasteiger partial charge on any atom is 0.277 e. The van der Waals surface area contributed by atoms with E-state index in [9.17, 15) is 9.59 Å². The van der Waals surface area contributed by atoms with Gasteiger partial charge in [0, 0.05) is 37.8 Å². The van der Waals surface area contributed by atoms with Gasteiger partial charge in [0.1, 0.15) is 5.52 Å². The summed E-state index contributed by atoms with van der Waals surface area (Å²) in [7, 11) is 0. The highest BCUT2D eigenvalue weighted by Gasteiger charge is 2.06. The fraction of sp³-hybridized carbons (Fsp3) is 0.278. The number of carbonyl (C=O) groups is 1. The van der Waals surface area contributed by atoms with Gasteiger partial charge in [0.15, 0.2) is 0 Å². The molecule has 0 spiro atoms. The number of hydrogen-bond donors (Lipinski definition) is 1. The molecule has 0 saturated carbocycles. The van der Waals surface area contributed by atoms with Crippen molar-refractivity contribution >= 4 is 16.8 Å². The molecular formula is C18H19N5O2. The van der Waals surface area contributed by atoms with Gasteiger partial charge >= 0.3 is 0 Å². The molecule has 3 rings (SSSR count). The van der Waals surface area contributed by atoms with Crippen molar-refractivity contribution in [1.82, 2.24) is 25.3 Å². The Morgan fingerprint density at radius 2 is 1.96 bits per heavy atom. The molecule has 0 fully saturated rings. The van der Waals surface area contributed by atoms with Crippen LogP contribution in [0.25, 0.3) is 10.9 Å². The molecule has 0 aliphatic rings. The van der Waals surface area contributed by atoms with E-state index in [0.717, 1.165) is 5.69 Å². The van der Waals surface area contributed by atoms with Crippen LogP contribution in [-0.2, 0) is 17.8 Å². The van der Waals surface area contributed by atoms with Gasteiger partial charge in [0.05, 0.1) is 5.39 Å². The summed E-state index contributed by atoms with van der Waals surface area (Å²) in [5.74, 6) is -0.0438. The predicted molar refractivity (Wildman–Crippen MR) is 94.0 cm³/mol. The Bertz CT molecular complexity index is 908. The van der Waals surface area contributed by atoms with E-state index in [4.69, 9.17) is 0 Å². The summed E-state index contributed by atoms with van der Waals surface area (Å²) in [5.41, 5.74) is 1.35. The van der Waals surface area contributed by atoms with Crippen LogP contribution in [0.4, 0.5) is 0 Å². The predicted octanol–water partition coefficient (Wildman–Crippen LogP) is 1.33. The second-order valence-electron chi connectivity index (χ2n) is 5.66. The maximum atomic E-state index is 12.3. The highest BCUT2D eigenvalue weighted by atomic mass is 16.1. The molecule has 25 heavy (non-hydrogen) atoms. The second-order valence-corrected chi connectivity index (χ2v) is 5.66. The van der Waals surface area contributed by atoms with E-state index >= 15 is 0 Å². The third-order valence-electron chi connectivity index (χ3n) is 3.83. The summed E-state index contributed by atoms with van der Waals surface area (Å²) in [6, 6.07) is 12.8. The topological polar surface area (TPSA) is 89.8 Å². The van der Waals surface area contributed by atoms with Crippen LogP contribution < -0.4 is 10.9 Å². The van der Waals surface area contributed by atoms with Gasteiger partial charge in [0.25, 0.3) is 5.56 Å². The van der Waals surface area contributed by atoms with Gasteiger partial charge < -0.3 is 5.32 Å². The highest BCUT2D eigenvalue weighted by Crippen LogP contribution is 2.03. The smallest absolute Gasteiger partial charge is 0.277 e. The first kappa shape index (κ1) is 16.8. The van der Waals surface area contributed by atoms with Crippen molar-refractivity contribution in [3.05, 3.63) is 64.7 Å². The first-order valence-electron chi connectivity index (χ1n) is 8.23. The van der Waals surface area contributed by atoms with Crippen molar-refractivity contribution in [1.29, 1.82) is 0 Å². The number of aromatic nitrogens is 4. The summed E-state index contributed by atoms with van der Waals surface area (Å²) in [5, 5.41) is 11.3. The lowest BCUT2D eigenvalue weighted by Gasteiger charge is -2.06. The number of hydrogen-bond acceptors (Lipinski definition) is 5. The quantitative estimate of drug-likeness (QED) is 0.702. The van der Waals surface area contributed by atoms with Crippen molar-refractivity contribution in [2.45, 2.75) is 25.8 Å². The molecule has 0 aliphatic heterocycles. The lowest BCUT2D eigenvalue weighted by atomic mass is 10.2. The van der Waals surface area contributed by atoms with Gasteiger partial charge in [-0.1, -0.05) is 23.4 Å². The Balaban J connectivity index is 1.45. The zero-order valence-electron chi connectivity index (χ0n) is 13.8. The Kier molecular flexibility index (Phi) is 5.46. The SMILES string of the molecule is O=C(CCCn1nnc2ccccc2c1=O)NCCc1ccccn1. The summed E-state index contributed by atoms with van der Waals surface area (Å²) < 4.78 is 1.31. The van der Waals surface area contributed by atoms with E-state index in [1.165, 1.54) is 4.68 Å². The minimum Gasteiger partial charge on any atom is -0.356 e. The van der Waals surface area contributed by atoms with E-state index in [2.05, 4.69) is 20.6 Å². The second kappa shape index (κ2) is 8.14. The Morgan fingerprint density at radius 3 is 2.80 bits per heavy atom. The molecule has 1 N–H and O–H groups in total. The fourth-order valence-corrected chi connectivity index (χ4v) is 2.52. The standard InChI is InChI=1S/C18H19N5O2/c24-17(20-12-10-14-6-3-4-11-19-14)9-5-13-23-18(25)15-7-1-2-8-16(15)21-22-23/h1-4,6-8,11H,5,9-10,12-13H2,(H,20,24). The van der Waals surface area contributed by atoms with Gasteiger partial charge in [-0.05, 0) is 30.7 Å². The van der Waals surface area contributed by atoms with Gasteiger partial charge in [-0.15, -0.1) is 5.10 Å². The zero-order chi connectivity index (χ0) is 17.5. The molecule has 2 aromatic heterocycles. The largest absolute Gasteiger partial charge is 0.356 e. The summed E-state index contributed by atoms with van der Waals surface area (Å²) in [6.45, 7) is 0.913. The van der Waals surface area contributed by atoms with Gasteiger partial charge in [-0.25, -0.2) is 4.68 Å². The van der Waals surface area contributed by atoms with Crippen molar-refractivity contribution in [2.75, 3.05) is 6.54 Å². The van der Waals surface area contributed by atoms with Crippen molar-refractivity contribution in [3.63, 3.8) is 0 Å². The van der Waals surface area contributed by atoms with Crippen LogP contribution in [0.1, 0.15) is 18.5 Å². The van der Waals surface area contributed by atoms with Crippen LogP contribution in [0, 0.1) is 0 Å². The molecule has 128 valence electrons. The minimum atomic E-state index is -0.179. The first-order chi connectivity index (χ1) is 12.2. The Hall–Kier alpha value is -3.09. The van der Waals surface area contributed by atoms with E-state index in [1.807, 2.05) is 24.3 Å². The van der Waals surface area contributed by atoms with E-state index < -0.39 is 0 Å². The van der Waals surface area contributed by atoms with E-state index in [0.29, 0.717) is 43.3 Å². The molecule has 7 nitrogen and oxygen atoms in total. The molecule has 0 saturated heterocycles. The van der Waals surface area contributed by atoms with Crippen LogP contribution in [0.2, 0.25) is 0 Å². The molecule has 1 aromatic carbocycles. The van der Waals surface area contributed by atoms with Crippen LogP contribution in [-0.4, -0.2) is 32.4 Å². The Labute approximate surface area is 144 Å². The molecule has 0 radical (unpaired) electrons. The normalized spacial score (nSPS) is 10.7. The summed E-state index contributed by atoms with van der Waals surface area (Å²) >= 11 is 0. The number of amides is 1. The number of rotatable bonds is 7. The third-order valence-corrected chi connectivity index (χ3v) is 3.83. The monoisotopic (exact) mass is 337 g/mol. The van der Waals surface area contributed by atoms with Crippen molar-refractivity contribution in [2.24, 2.45) is 0 Å². The average Bonchev–Trinajstić information content (AvgIpc) is 2.65. The van der Waals surface area contributed by atoms with Crippen LogP contribution in [0.3, 0.4) is 0 Å². The number of pyridine rings is 1. The highest BCUT2D eigenvalue weighted by molar-refractivity contribution is 5.76. The maximum absolute atomic E-state index is 12.3. The number of aryl methyl sites for hydroxylation is 1. The van der Waals surface area contributed by atoms with Crippen molar-refractivity contribution < 1.29 is 4.79 Å². The minimum absolute atomic E-state index is 0.0438. The lowest BCUT2D eigenvalue weighted by Crippen LogP contribution is -2.28. The summed E-state index contributed by atoms with van der Waals surface area (Å²) in [4.78, 5) is 28.4. The molecule has 0 atom stereocenters. The molecular weight excluding hydrogens is 318 g/mol. The molecule has 2 heterocycles. The number of nitrogens with zero attached hydrogens (tertiary/aromatic N) is 4. The number of benzene rings is 1. The van der Waals surface area contributed by atoms with Crippen LogP contribution >= 0.6 is 0 Å². The number of fused-ring (bicyclic) bond motifs is 1. The molecule has 3 aromatic rings. The van der Waals surface area contributed by atoms with E-state index in [-0.39, 0.29) is 11.5 Å². The van der Waals surface area contributed by atoms with Gasteiger partial charge in [-0.2, -0.15) is 0 Å². The molecule has 0 bridgehead atoms. The third kappa shape index (κ3) is 4.47. The Morgan fingerprint density at radius 1 is 1.12 bits per heavy atom. The number of carbonyl (C=O) groups excluding carboxylic acids is 1. The lowest BCUT2D eigenvalue weighted by molar-refractivity contribution is -0.121. The van der Waals surface area contributed by atoms with Gasteiger partial charge in [0.2, 0.25) is 5.91 Å². The number of nitrogens with one attached hydrogen (secondary N) is 1. The molecule has 7 heteroatoms.